The molecule has 1 aliphatic carbocycles. The van der Waals surface area contributed by atoms with Gasteiger partial charge in [-0.3, -0.25) is 4.98 Å². The zero-order valence-electron chi connectivity index (χ0n) is 16.1. The zero-order chi connectivity index (χ0) is 19.0. The third-order valence-corrected chi connectivity index (χ3v) is 6.42. The Morgan fingerprint density at radius 2 is 2.04 bits per heavy atom. The first-order valence-corrected chi connectivity index (χ1v) is 10.3. The van der Waals surface area contributed by atoms with Crippen LogP contribution in [0.4, 0.5) is 0 Å². The summed E-state index contributed by atoms with van der Waals surface area (Å²) in [5, 5.41) is 13.8. The zero-order valence-corrected chi connectivity index (χ0v) is 16.9. The van der Waals surface area contributed by atoms with Gasteiger partial charge in [-0.15, -0.1) is 0 Å². The number of nitrogens with zero attached hydrogens (tertiary/aromatic N) is 3. The number of hydrogen-bond acceptors (Lipinski definition) is 3. The van der Waals surface area contributed by atoms with E-state index in [-0.39, 0.29) is 18.7 Å². The van der Waals surface area contributed by atoms with E-state index in [4.69, 9.17) is 12.2 Å². The Labute approximate surface area is 166 Å². The molecule has 1 aliphatic heterocycles. The Balaban J connectivity index is 1.78. The standard InChI is InChI=1S/C21H28N4OS/c1-14-13-17(15(2)25(14)16-7-3-4-8-16)20-19(18-9-5-6-10-22-18)23-21(27)24(20)11-12-26/h5-6,9-10,13,16,19-20,26H,3-4,7-8,11-12H2,1-2H3,(H,23,27)/t19-,20-/m0/s1. The summed E-state index contributed by atoms with van der Waals surface area (Å²) in [4.78, 5) is 6.70. The van der Waals surface area contributed by atoms with Crippen molar-refractivity contribution in [2.45, 2.75) is 57.7 Å². The number of aliphatic hydroxyl groups is 1. The van der Waals surface area contributed by atoms with Crippen LogP contribution in [0.3, 0.4) is 0 Å². The van der Waals surface area contributed by atoms with Gasteiger partial charge in [0.2, 0.25) is 0 Å². The van der Waals surface area contributed by atoms with E-state index in [9.17, 15) is 5.11 Å². The van der Waals surface area contributed by atoms with Crippen LogP contribution in [0.5, 0.6) is 0 Å². The van der Waals surface area contributed by atoms with Gasteiger partial charge >= 0.3 is 0 Å². The third kappa shape index (κ3) is 3.25. The quantitative estimate of drug-likeness (QED) is 0.772. The summed E-state index contributed by atoms with van der Waals surface area (Å²) in [6.45, 7) is 5.04. The fourth-order valence-electron chi connectivity index (χ4n) is 4.92. The highest BCUT2D eigenvalue weighted by Gasteiger charge is 2.41. The molecule has 2 atom stereocenters. The Bertz CT molecular complexity index is 813. The number of rotatable bonds is 5. The van der Waals surface area contributed by atoms with Crippen LogP contribution < -0.4 is 5.32 Å². The minimum atomic E-state index is -0.0113. The Morgan fingerprint density at radius 1 is 1.26 bits per heavy atom. The van der Waals surface area contributed by atoms with Crippen molar-refractivity contribution in [1.29, 1.82) is 0 Å². The van der Waals surface area contributed by atoms with E-state index in [2.05, 4.69) is 39.7 Å². The van der Waals surface area contributed by atoms with Crippen molar-refractivity contribution in [3.05, 3.63) is 53.1 Å². The molecule has 2 aromatic rings. The minimum Gasteiger partial charge on any atom is -0.395 e. The van der Waals surface area contributed by atoms with Gasteiger partial charge in [0.1, 0.15) is 0 Å². The predicted octanol–water partition coefficient (Wildman–Crippen LogP) is 3.58. The highest BCUT2D eigenvalue weighted by atomic mass is 32.1. The van der Waals surface area contributed by atoms with Crippen LogP contribution in [-0.4, -0.2) is 37.8 Å². The Morgan fingerprint density at radius 3 is 2.70 bits per heavy atom. The Hall–Kier alpha value is -1.92. The second-order valence-corrected chi connectivity index (χ2v) is 8.07. The minimum absolute atomic E-state index is 0.0113. The molecule has 27 heavy (non-hydrogen) atoms. The highest BCUT2D eigenvalue weighted by molar-refractivity contribution is 7.80. The molecule has 0 amide bonds. The summed E-state index contributed by atoms with van der Waals surface area (Å²) in [6, 6.07) is 8.95. The van der Waals surface area contributed by atoms with E-state index >= 15 is 0 Å². The third-order valence-electron chi connectivity index (χ3n) is 6.07. The molecule has 0 unspecified atom stereocenters. The molecule has 2 aromatic heterocycles. The number of hydrogen-bond donors (Lipinski definition) is 2. The van der Waals surface area contributed by atoms with E-state index in [1.54, 1.807) is 0 Å². The van der Waals surface area contributed by atoms with Gasteiger partial charge in [0.15, 0.2) is 5.11 Å². The Kier molecular flexibility index (Phi) is 5.19. The van der Waals surface area contributed by atoms with Gasteiger partial charge in [-0.1, -0.05) is 18.9 Å². The first-order valence-electron chi connectivity index (χ1n) is 9.89. The van der Waals surface area contributed by atoms with Gasteiger partial charge in [0.05, 0.1) is 24.4 Å². The first-order chi connectivity index (χ1) is 13.1. The van der Waals surface area contributed by atoms with E-state index < -0.39 is 0 Å². The summed E-state index contributed by atoms with van der Waals surface area (Å²) in [5.41, 5.74) is 4.91. The van der Waals surface area contributed by atoms with Crippen molar-refractivity contribution in [1.82, 2.24) is 19.8 Å². The molecule has 0 radical (unpaired) electrons. The molecule has 2 aliphatic rings. The van der Waals surface area contributed by atoms with Crippen molar-refractivity contribution in [2.24, 2.45) is 0 Å². The average molecular weight is 385 g/mol. The van der Waals surface area contributed by atoms with E-state index in [1.807, 2.05) is 24.4 Å². The molecular formula is C21H28N4OS. The summed E-state index contributed by atoms with van der Waals surface area (Å²) < 4.78 is 2.52. The monoisotopic (exact) mass is 384 g/mol. The molecule has 0 spiro atoms. The fraction of sp³-hybridized carbons (Fsp3) is 0.524. The molecular weight excluding hydrogens is 356 g/mol. The molecule has 6 heteroatoms. The number of nitrogens with one attached hydrogen (secondary N) is 1. The van der Waals surface area contributed by atoms with Gasteiger partial charge < -0.3 is 19.9 Å². The number of pyridine rings is 1. The van der Waals surface area contributed by atoms with Crippen LogP contribution in [0.25, 0.3) is 0 Å². The van der Waals surface area contributed by atoms with E-state index in [0.717, 1.165) is 5.69 Å². The maximum Gasteiger partial charge on any atom is 0.170 e. The number of aromatic nitrogens is 2. The van der Waals surface area contributed by atoms with Crippen LogP contribution >= 0.6 is 12.2 Å². The molecule has 0 aromatic carbocycles. The molecule has 1 saturated carbocycles. The smallest absolute Gasteiger partial charge is 0.170 e. The summed E-state index contributed by atoms with van der Waals surface area (Å²) in [6.07, 6.45) is 6.99. The van der Waals surface area contributed by atoms with Gasteiger partial charge in [-0.2, -0.15) is 0 Å². The second-order valence-electron chi connectivity index (χ2n) is 7.68. The SMILES string of the molecule is Cc1cc([C@H]2[C@H](c3ccccn3)NC(=S)N2CCO)c(C)n1C1CCCC1. The molecule has 2 N–H and O–H groups in total. The molecule has 5 nitrogen and oxygen atoms in total. The summed E-state index contributed by atoms with van der Waals surface area (Å²) in [7, 11) is 0. The lowest BCUT2D eigenvalue weighted by Crippen LogP contribution is -2.32. The van der Waals surface area contributed by atoms with E-state index in [0.29, 0.717) is 17.7 Å². The maximum absolute atomic E-state index is 9.62. The van der Waals surface area contributed by atoms with Gasteiger partial charge in [-0.25, -0.2) is 0 Å². The second kappa shape index (κ2) is 7.60. The largest absolute Gasteiger partial charge is 0.395 e. The predicted molar refractivity (Wildman–Crippen MR) is 111 cm³/mol. The first kappa shape index (κ1) is 18.4. The van der Waals surface area contributed by atoms with Crippen LogP contribution in [0.1, 0.15) is 66.5 Å². The van der Waals surface area contributed by atoms with Crippen LogP contribution in [0.15, 0.2) is 30.5 Å². The molecule has 144 valence electrons. The van der Waals surface area contributed by atoms with Gasteiger partial charge in [0, 0.05) is 30.2 Å². The lowest BCUT2D eigenvalue weighted by molar-refractivity contribution is 0.222. The highest BCUT2D eigenvalue weighted by Crippen LogP contribution is 2.42. The molecule has 2 fully saturated rings. The number of β-amino-alcohol motifs (C(OH)–C–C–N with tert-alkyl or cyclic N) is 1. The van der Waals surface area contributed by atoms with Crippen molar-refractivity contribution in [3.63, 3.8) is 0 Å². The van der Waals surface area contributed by atoms with Crippen LogP contribution in [0, 0.1) is 13.8 Å². The van der Waals surface area contributed by atoms with Gasteiger partial charge in [-0.05, 0) is 62.7 Å². The summed E-state index contributed by atoms with van der Waals surface area (Å²) >= 11 is 5.62. The maximum atomic E-state index is 9.62. The lowest BCUT2D eigenvalue weighted by atomic mass is 9.97. The molecule has 1 saturated heterocycles. The lowest BCUT2D eigenvalue weighted by Gasteiger charge is -2.28. The topological polar surface area (TPSA) is 53.3 Å². The van der Waals surface area contributed by atoms with Crippen LogP contribution in [0.2, 0.25) is 0 Å². The summed E-state index contributed by atoms with van der Waals surface area (Å²) in [5.74, 6) is 0. The average Bonchev–Trinajstić information content (AvgIpc) is 3.36. The normalized spacial score (nSPS) is 23.2. The molecule has 3 heterocycles. The number of aryl methyl sites for hydroxylation is 1. The van der Waals surface area contributed by atoms with Crippen molar-refractivity contribution < 1.29 is 5.11 Å². The van der Waals surface area contributed by atoms with E-state index in [1.165, 1.54) is 42.6 Å². The molecule has 4 rings (SSSR count). The van der Waals surface area contributed by atoms with Crippen molar-refractivity contribution in [2.75, 3.05) is 13.2 Å². The van der Waals surface area contributed by atoms with Crippen LogP contribution in [-0.2, 0) is 0 Å². The number of thiocarbonyl (C=S) groups is 1. The van der Waals surface area contributed by atoms with Crippen molar-refractivity contribution >= 4 is 17.3 Å². The fourth-order valence-corrected chi connectivity index (χ4v) is 5.25. The van der Waals surface area contributed by atoms with Crippen molar-refractivity contribution in [3.8, 4) is 0 Å². The molecule has 0 bridgehead atoms. The number of aliphatic hydroxyl groups excluding tert-OH is 1. The van der Waals surface area contributed by atoms with Gasteiger partial charge in [0.25, 0.3) is 0 Å².